The number of nitrogens with one attached hydrogen (secondary N) is 1. The molecule has 0 bridgehead atoms. The summed E-state index contributed by atoms with van der Waals surface area (Å²) in [7, 11) is 3.65. The number of rotatable bonds is 1. The molecule has 0 aliphatic carbocycles. The third-order valence-electron chi connectivity index (χ3n) is 2.59. The molecule has 1 amide bonds. The van der Waals surface area contributed by atoms with E-state index < -0.39 is 0 Å². The Balaban J connectivity index is 0.00000144. The summed E-state index contributed by atoms with van der Waals surface area (Å²) >= 11 is 0. The lowest BCUT2D eigenvalue weighted by atomic mass is 9.87. The first-order valence-corrected chi connectivity index (χ1v) is 4.55. The molecular formula is C9H19ClN2O. The molecule has 2 atom stereocenters. The van der Waals surface area contributed by atoms with E-state index in [1.54, 1.807) is 4.90 Å². The monoisotopic (exact) mass is 206 g/mol. The fourth-order valence-electron chi connectivity index (χ4n) is 1.65. The molecule has 0 aromatic rings. The number of carbonyl (C=O) groups is 1. The van der Waals surface area contributed by atoms with Gasteiger partial charge in [-0.05, 0) is 18.9 Å². The highest BCUT2D eigenvalue weighted by Crippen LogP contribution is 2.19. The molecule has 0 spiro atoms. The first-order valence-electron chi connectivity index (χ1n) is 4.55. The van der Waals surface area contributed by atoms with E-state index in [0.717, 1.165) is 19.5 Å². The molecule has 2 unspecified atom stereocenters. The SMILES string of the molecule is CC1CCNCC1C(=O)N(C)C.Cl. The largest absolute Gasteiger partial charge is 0.349 e. The van der Waals surface area contributed by atoms with Gasteiger partial charge in [-0.1, -0.05) is 6.92 Å². The Labute approximate surface area is 86.3 Å². The molecule has 13 heavy (non-hydrogen) atoms. The second kappa shape index (κ2) is 5.45. The van der Waals surface area contributed by atoms with Crippen LogP contribution >= 0.6 is 12.4 Å². The molecule has 1 rings (SSSR count). The fraction of sp³-hybridized carbons (Fsp3) is 0.889. The zero-order valence-electron chi connectivity index (χ0n) is 8.54. The van der Waals surface area contributed by atoms with E-state index in [-0.39, 0.29) is 24.2 Å². The van der Waals surface area contributed by atoms with Gasteiger partial charge in [0, 0.05) is 20.6 Å². The van der Waals surface area contributed by atoms with E-state index in [1.807, 2.05) is 14.1 Å². The van der Waals surface area contributed by atoms with Crippen molar-refractivity contribution >= 4 is 18.3 Å². The summed E-state index contributed by atoms with van der Waals surface area (Å²) in [5.74, 6) is 0.976. The molecule has 1 fully saturated rings. The minimum Gasteiger partial charge on any atom is -0.349 e. The number of piperidine rings is 1. The van der Waals surface area contributed by atoms with E-state index in [4.69, 9.17) is 0 Å². The van der Waals surface area contributed by atoms with Gasteiger partial charge in [0.05, 0.1) is 5.92 Å². The van der Waals surface area contributed by atoms with Crippen molar-refractivity contribution in [3.8, 4) is 0 Å². The van der Waals surface area contributed by atoms with Crippen LogP contribution in [0, 0.1) is 11.8 Å². The van der Waals surface area contributed by atoms with Gasteiger partial charge in [-0.25, -0.2) is 0 Å². The number of amides is 1. The van der Waals surface area contributed by atoms with Crippen molar-refractivity contribution in [3.63, 3.8) is 0 Å². The predicted molar refractivity (Wildman–Crippen MR) is 56.1 cm³/mol. The van der Waals surface area contributed by atoms with Crippen molar-refractivity contribution in [2.45, 2.75) is 13.3 Å². The maximum Gasteiger partial charge on any atom is 0.226 e. The van der Waals surface area contributed by atoms with Crippen LogP contribution in [0.15, 0.2) is 0 Å². The molecule has 78 valence electrons. The molecule has 1 saturated heterocycles. The average Bonchev–Trinajstić information content (AvgIpc) is 2.04. The third-order valence-corrected chi connectivity index (χ3v) is 2.59. The van der Waals surface area contributed by atoms with Gasteiger partial charge in [0.2, 0.25) is 5.91 Å². The van der Waals surface area contributed by atoms with Crippen molar-refractivity contribution in [1.82, 2.24) is 10.2 Å². The Bertz CT molecular complexity index is 173. The van der Waals surface area contributed by atoms with Gasteiger partial charge < -0.3 is 10.2 Å². The Morgan fingerprint density at radius 2 is 2.08 bits per heavy atom. The molecule has 1 aliphatic rings. The number of hydrogen-bond donors (Lipinski definition) is 1. The summed E-state index contributed by atoms with van der Waals surface area (Å²) in [4.78, 5) is 13.3. The number of halogens is 1. The summed E-state index contributed by atoms with van der Waals surface area (Å²) in [6, 6.07) is 0. The van der Waals surface area contributed by atoms with Crippen LogP contribution in [-0.4, -0.2) is 38.0 Å². The van der Waals surface area contributed by atoms with Crippen molar-refractivity contribution < 1.29 is 4.79 Å². The minimum atomic E-state index is 0. The maximum atomic E-state index is 11.6. The van der Waals surface area contributed by atoms with E-state index in [2.05, 4.69) is 12.2 Å². The molecule has 1 N–H and O–H groups in total. The number of carbonyl (C=O) groups excluding carboxylic acids is 1. The summed E-state index contributed by atoms with van der Waals surface area (Å²) in [5.41, 5.74) is 0. The Hall–Kier alpha value is -0.280. The van der Waals surface area contributed by atoms with Gasteiger partial charge in [-0.15, -0.1) is 12.4 Å². The molecule has 1 heterocycles. The van der Waals surface area contributed by atoms with Crippen molar-refractivity contribution in [1.29, 1.82) is 0 Å². The first kappa shape index (κ1) is 12.7. The second-order valence-corrected chi connectivity index (χ2v) is 3.81. The molecule has 0 aromatic carbocycles. The lowest BCUT2D eigenvalue weighted by molar-refractivity contribution is -0.135. The standard InChI is InChI=1S/C9H18N2O.ClH/c1-7-4-5-10-6-8(7)9(12)11(2)3;/h7-8,10H,4-6H2,1-3H3;1H. The average molecular weight is 207 g/mol. The predicted octanol–water partition coefficient (Wildman–Crippen LogP) is 0.742. The van der Waals surface area contributed by atoms with Gasteiger partial charge in [0.15, 0.2) is 0 Å². The molecule has 4 heteroatoms. The highest BCUT2D eigenvalue weighted by molar-refractivity contribution is 5.85. The highest BCUT2D eigenvalue weighted by atomic mass is 35.5. The van der Waals surface area contributed by atoms with Crippen molar-refractivity contribution in [2.24, 2.45) is 11.8 Å². The zero-order valence-corrected chi connectivity index (χ0v) is 9.36. The summed E-state index contributed by atoms with van der Waals surface area (Å²) < 4.78 is 0. The van der Waals surface area contributed by atoms with Gasteiger partial charge in [-0.2, -0.15) is 0 Å². The summed E-state index contributed by atoms with van der Waals surface area (Å²) in [5, 5.41) is 3.25. The normalized spacial score (nSPS) is 27.6. The van der Waals surface area contributed by atoms with E-state index in [9.17, 15) is 4.79 Å². The quantitative estimate of drug-likeness (QED) is 0.687. The topological polar surface area (TPSA) is 32.3 Å². The summed E-state index contributed by atoms with van der Waals surface area (Å²) in [6.07, 6.45) is 1.12. The molecule has 0 aromatic heterocycles. The molecule has 0 radical (unpaired) electrons. The minimum absolute atomic E-state index is 0. The number of hydrogen-bond acceptors (Lipinski definition) is 2. The van der Waals surface area contributed by atoms with E-state index in [1.165, 1.54) is 0 Å². The molecule has 0 saturated carbocycles. The Morgan fingerprint density at radius 1 is 1.46 bits per heavy atom. The van der Waals surface area contributed by atoms with Gasteiger partial charge >= 0.3 is 0 Å². The van der Waals surface area contributed by atoms with Crippen LogP contribution in [0.5, 0.6) is 0 Å². The van der Waals surface area contributed by atoms with E-state index in [0.29, 0.717) is 5.92 Å². The van der Waals surface area contributed by atoms with Crippen LogP contribution in [0.2, 0.25) is 0 Å². The fourth-order valence-corrected chi connectivity index (χ4v) is 1.65. The van der Waals surface area contributed by atoms with Crippen molar-refractivity contribution in [2.75, 3.05) is 27.2 Å². The third kappa shape index (κ3) is 3.16. The van der Waals surface area contributed by atoms with Gasteiger partial charge in [-0.3, -0.25) is 4.79 Å². The number of nitrogens with zero attached hydrogens (tertiary/aromatic N) is 1. The van der Waals surface area contributed by atoms with Gasteiger partial charge in [0.25, 0.3) is 0 Å². The first-order chi connectivity index (χ1) is 5.63. The van der Waals surface area contributed by atoms with Crippen LogP contribution in [0.4, 0.5) is 0 Å². The zero-order chi connectivity index (χ0) is 9.14. The molecule has 1 aliphatic heterocycles. The van der Waals surface area contributed by atoms with Crippen LogP contribution < -0.4 is 5.32 Å². The van der Waals surface area contributed by atoms with Crippen molar-refractivity contribution in [3.05, 3.63) is 0 Å². The lowest BCUT2D eigenvalue weighted by Crippen LogP contribution is -2.44. The Morgan fingerprint density at radius 3 is 2.54 bits per heavy atom. The smallest absolute Gasteiger partial charge is 0.226 e. The summed E-state index contributed by atoms with van der Waals surface area (Å²) in [6.45, 7) is 4.06. The van der Waals surface area contributed by atoms with Crippen LogP contribution in [0.3, 0.4) is 0 Å². The molecule has 3 nitrogen and oxygen atoms in total. The highest BCUT2D eigenvalue weighted by Gasteiger charge is 2.28. The van der Waals surface area contributed by atoms with Crippen LogP contribution in [-0.2, 0) is 4.79 Å². The van der Waals surface area contributed by atoms with E-state index >= 15 is 0 Å². The maximum absolute atomic E-state index is 11.6. The second-order valence-electron chi connectivity index (χ2n) is 3.81. The Kier molecular flexibility index (Phi) is 5.33. The van der Waals surface area contributed by atoms with Crippen LogP contribution in [0.1, 0.15) is 13.3 Å². The molecular weight excluding hydrogens is 188 g/mol. The van der Waals surface area contributed by atoms with Gasteiger partial charge in [0.1, 0.15) is 0 Å². The van der Waals surface area contributed by atoms with Crippen LogP contribution in [0.25, 0.3) is 0 Å². The lowest BCUT2D eigenvalue weighted by Gasteiger charge is -2.30.